The van der Waals surface area contributed by atoms with Crippen molar-refractivity contribution in [1.29, 1.82) is 0 Å². The summed E-state index contributed by atoms with van der Waals surface area (Å²) in [7, 11) is 0. The molecule has 5 heteroatoms. The third-order valence-corrected chi connectivity index (χ3v) is 8.00. The fraction of sp³-hybridized carbons (Fsp3) is 0.917. The van der Waals surface area contributed by atoms with Crippen molar-refractivity contribution < 1.29 is 14.1 Å². The van der Waals surface area contributed by atoms with E-state index in [2.05, 4.69) is 22.1 Å². The van der Waals surface area contributed by atoms with E-state index >= 15 is 0 Å². The van der Waals surface area contributed by atoms with Crippen LogP contribution in [-0.4, -0.2) is 47.8 Å². The molecule has 4 aliphatic rings. The van der Waals surface area contributed by atoms with E-state index in [4.69, 9.17) is 4.74 Å². The zero-order valence-corrected chi connectivity index (χ0v) is 18.5. The quantitative estimate of drug-likeness (QED) is 0.482. The number of carbonyl (C=O) groups excluding carboxylic acids is 1. The number of hydrogen-bond donors (Lipinski definition) is 2. The molecule has 0 aromatic heterocycles. The SMILES string of the molecule is CC1=[N+](CCCCCNC(=O)NC2CCCCC2)C2CC3CCCCC3CC2O1. The van der Waals surface area contributed by atoms with Crippen LogP contribution >= 0.6 is 0 Å². The van der Waals surface area contributed by atoms with Gasteiger partial charge >= 0.3 is 11.9 Å². The van der Waals surface area contributed by atoms with Crippen LogP contribution in [0.1, 0.15) is 96.8 Å². The van der Waals surface area contributed by atoms with Gasteiger partial charge in [0.2, 0.25) is 0 Å². The Morgan fingerprint density at radius 1 is 0.966 bits per heavy atom. The van der Waals surface area contributed by atoms with Gasteiger partial charge in [-0.1, -0.05) is 38.5 Å². The Morgan fingerprint density at radius 2 is 1.69 bits per heavy atom. The fourth-order valence-electron chi connectivity index (χ4n) is 6.39. The molecule has 3 aliphatic carbocycles. The maximum Gasteiger partial charge on any atom is 0.333 e. The molecule has 5 nitrogen and oxygen atoms in total. The van der Waals surface area contributed by atoms with Crippen molar-refractivity contribution in [3.63, 3.8) is 0 Å². The lowest BCUT2D eigenvalue weighted by atomic mass is 9.68. The van der Waals surface area contributed by atoms with Gasteiger partial charge in [0.1, 0.15) is 6.54 Å². The number of unbranched alkanes of at least 4 members (excludes halogenated alkanes) is 2. The molecule has 0 spiro atoms. The Hall–Kier alpha value is -1.26. The fourth-order valence-corrected chi connectivity index (χ4v) is 6.39. The van der Waals surface area contributed by atoms with Gasteiger partial charge < -0.3 is 15.4 Å². The topological polar surface area (TPSA) is 53.4 Å². The first-order chi connectivity index (χ1) is 14.2. The molecule has 4 atom stereocenters. The van der Waals surface area contributed by atoms with Crippen molar-refractivity contribution in [2.45, 2.75) is 115 Å². The molecule has 0 bridgehead atoms. The first-order valence-corrected chi connectivity index (χ1v) is 12.5. The molecule has 2 amide bonds. The number of amides is 2. The molecule has 1 heterocycles. The molecule has 164 valence electrons. The highest BCUT2D eigenvalue weighted by Crippen LogP contribution is 2.43. The molecule has 1 aliphatic heterocycles. The van der Waals surface area contributed by atoms with Gasteiger partial charge in [0.05, 0.1) is 6.92 Å². The third-order valence-electron chi connectivity index (χ3n) is 8.00. The van der Waals surface area contributed by atoms with Gasteiger partial charge in [-0.3, -0.25) is 0 Å². The molecule has 3 fully saturated rings. The second kappa shape index (κ2) is 10.2. The highest BCUT2D eigenvalue weighted by atomic mass is 16.5. The number of rotatable bonds is 7. The van der Waals surface area contributed by atoms with Crippen molar-refractivity contribution in [3.05, 3.63) is 0 Å². The standard InChI is InChI=1S/C24H41N3O2/c1-18-27(22-16-19-10-6-7-11-20(19)17-23(22)29-18)15-9-3-8-14-25-24(28)26-21-12-4-2-5-13-21/h19-23H,2-17H2,1H3,(H-,25,26,28)/p+1. The summed E-state index contributed by atoms with van der Waals surface area (Å²) in [6.45, 7) is 4.06. The minimum atomic E-state index is 0.0288. The molecule has 4 unspecified atom stereocenters. The summed E-state index contributed by atoms with van der Waals surface area (Å²) < 4.78 is 8.85. The van der Waals surface area contributed by atoms with E-state index in [1.54, 1.807) is 0 Å². The van der Waals surface area contributed by atoms with Crippen LogP contribution in [0, 0.1) is 11.8 Å². The Labute approximate surface area is 177 Å². The van der Waals surface area contributed by atoms with Gasteiger partial charge in [-0.15, -0.1) is 0 Å². The average Bonchev–Trinajstić information content (AvgIpc) is 3.03. The summed E-state index contributed by atoms with van der Waals surface area (Å²) in [4.78, 5) is 12.0. The van der Waals surface area contributed by atoms with Gasteiger partial charge in [-0.25, -0.2) is 4.79 Å². The van der Waals surface area contributed by atoms with Crippen LogP contribution in [0.25, 0.3) is 0 Å². The molecule has 0 aromatic carbocycles. The van der Waals surface area contributed by atoms with Gasteiger partial charge in [-0.2, -0.15) is 4.58 Å². The minimum Gasteiger partial charge on any atom is -0.438 e. The molecule has 4 rings (SSSR count). The summed E-state index contributed by atoms with van der Waals surface area (Å²) >= 11 is 0. The van der Waals surface area contributed by atoms with Crippen LogP contribution in [0.2, 0.25) is 0 Å². The number of carbonyl (C=O) groups is 1. The number of urea groups is 1. The molecule has 0 saturated heterocycles. The largest absolute Gasteiger partial charge is 0.438 e. The van der Waals surface area contributed by atoms with E-state index in [0.717, 1.165) is 56.5 Å². The summed E-state index contributed by atoms with van der Waals surface area (Å²) in [5.74, 6) is 3.01. The molecule has 3 saturated carbocycles. The summed E-state index contributed by atoms with van der Waals surface area (Å²) in [5, 5.41) is 6.19. The Morgan fingerprint density at radius 3 is 2.48 bits per heavy atom. The average molecular weight is 405 g/mol. The zero-order chi connectivity index (χ0) is 20.1. The Kier molecular flexibility index (Phi) is 7.36. The predicted molar refractivity (Wildman–Crippen MR) is 116 cm³/mol. The smallest absolute Gasteiger partial charge is 0.333 e. The van der Waals surface area contributed by atoms with Gasteiger partial charge in [-0.05, 0) is 50.4 Å². The third kappa shape index (κ3) is 5.46. The number of hydrogen-bond acceptors (Lipinski definition) is 2. The van der Waals surface area contributed by atoms with Crippen molar-refractivity contribution in [2.75, 3.05) is 13.1 Å². The van der Waals surface area contributed by atoms with Crippen molar-refractivity contribution >= 4 is 11.9 Å². The maximum absolute atomic E-state index is 12.0. The number of fused-ring (bicyclic) bond motifs is 2. The van der Waals surface area contributed by atoms with Crippen LogP contribution < -0.4 is 10.6 Å². The van der Waals surface area contributed by atoms with Crippen molar-refractivity contribution in [1.82, 2.24) is 10.6 Å². The molecular weight excluding hydrogens is 362 g/mol. The van der Waals surface area contributed by atoms with E-state index in [9.17, 15) is 4.79 Å². The minimum absolute atomic E-state index is 0.0288. The van der Waals surface area contributed by atoms with Crippen LogP contribution in [-0.2, 0) is 4.74 Å². The molecular formula is C24H42N3O2+. The van der Waals surface area contributed by atoms with E-state index in [0.29, 0.717) is 18.2 Å². The monoisotopic (exact) mass is 404 g/mol. The first kappa shape index (κ1) is 21.0. The van der Waals surface area contributed by atoms with Crippen LogP contribution in [0.5, 0.6) is 0 Å². The lowest BCUT2D eigenvalue weighted by molar-refractivity contribution is -0.565. The van der Waals surface area contributed by atoms with Gasteiger partial charge in [0.15, 0.2) is 12.1 Å². The number of ether oxygens (including phenoxy) is 1. The number of nitrogens with one attached hydrogen (secondary N) is 2. The van der Waals surface area contributed by atoms with E-state index in [1.165, 1.54) is 64.2 Å². The molecule has 0 radical (unpaired) electrons. The lowest BCUT2D eigenvalue weighted by Gasteiger charge is -2.38. The highest BCUT2D eigenvalue weighted by molar-refractivity contribution is 5.74. The summed E-state index contributed by atoms with van der Waals surface area (Å²) in [5.41, 5.74) is 0. The van der Waals surface area contributed by atoms with Gasteiger partial charge in [0.25, 0.3) is 0 Å². The Bertz CT molecular complexity index is 585. The summed E-state index contributed by atoms with van der Waals surface area (Å²) in [6, 6.07) is 1.04. The van der Waals surface area contributed by atoms with Crippen LogP contribution in [0.4, 0.5) is 4.79 Å². The highest BCUT2D eigenvalue weighted by Gasteiger charge is 2.49. The van der Waals surface area contributed by atoms with Crippen molar-refractivity contribution in [3.8, 4) is 0 Å². The van der Waals surface area contributed by atoms with Crippen LogP contribution in [0.15, 0.2) is 0 Å². The molecule has 0 aromatic rings. The molecule has 29 heavy (non-hydrogen) atoms. The van der Waals surface area contributed by atoms with E-state index in [1.807, 2.05) is 0 Å². The normalized spacial score (nSPS) is 32.3. The second-order valence-electron chi connectivity index (χ2n) is 10.0. The predicted octanol–water partition coefficient (Wildman–Crippen LogP) is 4.59. The van der Waals surface area contributed by atoms with Crippen LogP contribution in [0.3, 0.4) is 0 Å². The second-order valence-corrected chi connectivity index (χ2v) is 10.0. The maximum atomic E-state index is 12.0. The first-order valence-electron chi connectivity index (χ1n) is 12.5. The van der Waals surface area contributed by atoms with E-state index < -0.39 is 0 Å². The Balaban J connectivity index is 1.12. The number of nitrogens with zero attached hydrogens (tertiary/aromatic N) is 1. The molecule has 2 N–H and O–H groups in total. The summed E-state index contributed by atoms with van der Waals surface area (Å²) in [6.07, 6.45) is 18.3. The zero-order valence-electron chi connectivity index (χ0n) is 18.5. The lowest BCUT2D eigenvalue weighted by Crippen LogP contribution is -2.43. The van der Waals surface area contributed by atoms with Crippen molar-refractivity contribution in [2.24, 2.45) is 11.8 Å². The van der Waals surface area contributed by atoms with E-state index in [-0.39, 0.29) is 6.03 Å². The van der Waals surface area contributed by atoms with Gasteiger partial charge in [0, 0.05) is 25.4 Å².